The first-order valence-corrected chi connectivity index (χ1v) is 19.7. The predicted octanol–water partition coefficient (Wildman–Crippen LogP) is 3.10. The lowest BCUT2D eigenvalue weighted by Crippen LogP contribution is -2.42. The van der Waals surface area contributed by atoms with E-state index < -0.39 is 40.3 Å². The van der Waals surface area contributed by atoms with E-state index in [1.54, 1.807) is 23.9 Å². The minimum atomic E-state index is -3.94. The van der Waals surface area contributed by atoms with Gasteiger partial charge in [-0.1, -0.05) is 73.7 Å². The Morgan fingerprint density at radius 3 is 2.30 bits per heavy atom. The van der Waals surface area contributed by atoms with E-state index in [0.29, 0.717) is 49.0 Å². The number of halogens is 1. The largest absolute Gasteiger partial charge is 0.388 e. The van der Waals surface area contributed by atoms with Gasteiger partial charge in [0.05, 0.1) is 23.3 Å². The maximum Gasteiger partial charge on any atom is 0.319 e. The second kappa shape index (κ2) is 17.2. The molecule has 2 aliphatic rings. The van der Waals surface area contributed by atoms with Crippen molar-refractivity contribution in [2.75, 3.05) is 35.2 Å². The Morgan fingerprint density at radius 2 is 1.64 bits per heavy atom. The number of amides is 3. The Balaban J connectivity index is 0.00000532. The Bertz CT molecular complexity index is 2230. The molecule has 2 aromatic heterocycles. The summed E-state index contributed by atoms with van der Waals surface area (Å²) in [4.78, 5) is 41.6. The number of carbonyl (C=O) groups is 2. The number of rotatable bonds is 12. The van der Waals surface area contributed by atoms with Crippen LogP contribution in [0.15, 0.2) is 96.2 Å². The fourth-order valence-electron chi connectivity index (χ4n) is 7.31. The summed E-state index contributed by atoms with van der Waals surface area (Å²) in [6.45, 7) is 3.08. The number of hydrogen-bond donors (Lipinski definition) is 7. The molecule has 1 saturated carbocycles. The molecule has 3 heterocycles. The number of benzene rings is 3. The molecule has 1 unspecified atom stereocenters. The molecule has 5 atom stereocenters. The van der Waals surface area contributed by atoms with Gasteiger partial charge in [0.2, 0.25) is 21.9 Å². The van der Waals surface area contributed by atoms with Crippen molar-refractivity contribution >= 4 is 63.0 Å². The summed E-state index contributed by atoms with van der Waals surface area (Å²) in [5.74, 6) is 0.598. The van der Waals surface area contributed by atoms with Crippen LogP contribution in [-0.2, 0) is 14.8 Å². The van der Waals surface area contributed by atoms with Gasteiger partial charge in [0, 0.05) is 43.7 Å². The zero-order valence-corrected chi connectivity index (χ0v) is 32.2. The number of urea groups is 1. The van der Waals surface area contributed by atoms with E-state index in [1.807, 2.05) is 41.3 Å². The molecule has 5 aromatic rings. The number of aliphatic hydroxyl groups is 2. The number of imidazole rings is 1. The average Bonchev–Trinajstić information content (AvgIpc) is 3.90. The Morgan fingerprint density at radius 1 is 0.946 bits per heavy atom. The fraction of sp³-hybridized carbons (Fsp3) is 0.342. The average molecular weight is 805 g/mol. The van der Waals surface area contributed by atoms with Gasteiger partial charge in [0.1, 0.15) is 12.2 Å². The molecule has 56 heavy (non-hydrogen) atoms. The van der Waals surface area contributed by atoms with Crippen LogP contribution in [0.1, 0.15) is 49.3 Å². The van der Waals surface area contributed by atoms with E-state index in [4.69, 9.17) is 20.1 Å². The number of anilines is 3. The standard InChI is InChI=1S/C38H44N10O6S.ClH/c1-2-31(49)44-29-19-30(34(51)33(29)50)48-22-41-32-35(40-20-28(23-10-5-3-6-11-23)24-12-7-4-8-13-24)45-37(46-36(32)48)47-17-16-26(21-47)43-38(52)42-25-14-9-15-27(18-25)55(39,53)54;/h3-15,18,22,26,28-30,33-34,50-51H,2,16-17,19-21H2,1H3,(H,44,49)(H2,39,53,54)(H,40,45,46)(H2,42,43,52);1H/t26?,29-,30+,33+,34-;/m0./s1. The number of nitrogens with zero attached hydrogens (tertiary/aromatic N) is 5. The summed E-state index contributed by atoms with van der Waals surface area (Å²) >= 11 is 0. The third-order valence-corrected chi connectivity index (χ3v) is 11.1. The van der Waals surface area contributed by atoms with Gasteiger partial charge >= 0.3 is 6.03 Å². The molecule has 8 N–H and O–H groups in total. The van der Waals surface area contributed by atoms with Crippen LogP contribution in [0.4, 0.5) is 22.2 Å². The molecule has 3 amide bonds. The highest BCUT2D eigenvalue weighted by atomic mass is 35.5. The third-order valence-electron chi connectivity index (χ3n) is 10.2. The smallest absolute Gasteiger partial charge is 0.319 e. The molecule has 0 spiro atoms. The first-order valence-electron chi connectivity index (χ1n) is 18.2. The lowest BCUT2D eigenvalue weighted by Gasteiger charge is -2.22. The molecule has 0 bridgehead atoms. The zero-order chi connectivity index (χ0) is 38.7. The maximum absolute atomic E-state index is 13.0. The minimum absolute atomic E-state index is 0. The molecule has 1 aliphatic carbocycles. The van der Waals surface area contributed by atoms with Crippen LogP contribution in [0, 0.1) is 0 Å². The normalized spacial score (nSPS) is 20.8. The van der Waals surface area contributed by atoms with Crippen molar-refractivity contribution in [3.8, 4) is 0 Å². The van der Waals surface area contributed by atoms with Crippen LogP contribution in [-0.4, -0.2) is 94.0 Å². The second-order valence-electron chi connectivity index (χ2n) is 13.9. The fourth-order valence-corrected chi connectivity index (χ4v) is 7.87. The van der Waals surface area contributed by atoms with Crippen LogP contribution < -0.4 is 31.3 Å². The first kappa shape index (κ1) is 40.3. The van der Waals surface area contributed by atoms with Crippen molar-refractivity contribution < 1.29 is 28.2 Å². The van der Waals surface area contributed by atoms with E-state index in [-0.39, 0.29) is 53.7 Å². The lowest BCUT2D eigenvalue weighted by molar-refractivity contribution is -0.122. The second-order valence-corrected chi connectivity index (χ2v) is 15.4. The van der Waals surface area contributed by atoms with Gasteiger partial charge in [-0.25, -0.2) is 23.3 Å². The number of hydrogen-bond acceptors (Lipinski definition) is 11. The number of sulfonamides is 1. The first-order chi connectivity index (χ1) is 26.5. The number of nitrogens with one attached hydrogen (secondary N) is 4. The number of primary sulfonamides is 1. The lowest BCUT2D eigenvalue weighted by atomic mass is 9.91. The van der Waals surface area contributed by atoms with E-state index >= 15 is 0 Å². The van der Waals surface area contributed by atoms with Crippen molar-refractivity contribution in [1.29, 1.82) is 0 Å². The third kappa shape index (κ3) is 8.87. The molecular weight excluding hydrogens is 760 g/mol. The quantitative estimate of drug-likeness (QED) is 0.0969. The van der Waals surface area contributed by atoms with Gasteiger partial charge in [0.15, 0.2) is 17.0 Å². The molecule has 0 radical (unpaired) electrons. The van der Waals surface area contributed by atoms with E-state index in [9.17, 15) is 28.2 Å². The van der Waals surface area contributed by atoms with Gasteiger partial charge in [-0.3, -0.25) is 4.79 Å². The maximum atomic E-state index is 13.0. The van der Waals surface area contributed by atoms with Crippen molar-refractivity contribution in [3.63, 3.8) is 0 Å². The Labute approximate surface area is 330 Å². The van der Waals surface area contributed by atoms with E-state index in [0.717, 1.165) is 11.1 Å². The highest BCUT2D eigenvalue weighted by Crippen LogP contribution is 2.35. The molecule has 18 heteroatoms. The Kier molecular flexibility index (Phi) is 12.4. The van der Waals surface area contributed by atoms with E-state index in [2.05, 4.69) is 45.5 Å². The topological polar surface area (TPSA) is 230 Å². The van der Waals surface area contributed by atoms with Gasteiger partial charge in [-0.15, -0.1) is 12.4 Å². The summed E-state index contributed by atoms with van der Waals surface area (Å²) in [6.07, 6.45) is 0.276. The molecule has 3 aromatic carbocycles. The molecule has 1 aliphatic heterocycles. The molecule has 1 saturated heterocycles. The van der Waals surface area contributed by atoms with Crippen LogP contribution >= 0.6 is 12.4 Å². The zero-order valence-electron chi connectivity index (χ0n) is 30.5. The van der Waals surface area contributed by atoms with Gasteiger partial charge in [0.25, 0.3) is 0 Å². The molecule has 2 fully saturated rings. The number of fused-ring (bicyclic) bond motifs is 1. The summed E-state index contributed by atoms with van der Waals surface area (Å²) in [5.41, 5.74) is 3.41. The van der Waals surface area contributed by atoms with E-state index in [1.165, 1.54) is 18.2 Å². The van der Waals surface area contributed by atoms with Crippen molar-refractivity contribution in [2.24, 2.45) is 5.14 Å². The molecule has 7 rings (SSSR count). The summed E-state index contributed by atoms with van der Waals surface area (Å²) in [6, 6.07) is 23.9. The number of aromatic nitrogens is 4. The number of nitrogens with two attached hydrogens (primary N) is 1. The summed E-state index contributed by atoms with van der Waals surface area (Å²) in [7, 11) is -3.94. The van der Waals surface area contributed by atoms with Gasteiger partial charge < -0.3 is 40.9 Å². The van der Waals surface area contributed by atoms with Gasteiger partial charge in [-0.2, -0.15) is 9.97 Å². The number of carbonyl (C=O) groups excluding carboxylic acids is 2. The highest BCUT2D eigenvalue weighted by molar-refractivity contribution is 7.89. The van der Waals surface area contributed by atoms with Crippen LogP contribution in [0.5, 0.6) is 0 Å². The molecule has 296 valence electrons. The summed E-state index contributed by atoms with van der Waals surface area (Å²) in [5, 5.41) is 39.3. The van der Waals surface area contributed by atoms with Crippen molar-refractivity contribution in [1.82, 2.24) is 30.2 Å². The predicted molar refractivity (Wildman–Crippen MR) is 214 cm³/mol. The molecular formula is C38H45ClN10O6S. The molecule has 16 nitrogen and oxygen atoms in total. The van der Waals surface area contributed by atoms with Crippen LogP contribution in [0.2, 0.25) is 0 Å². The monoisotopic (exact) mass is 804 g/mol. The van der Waals surface area contributed by atoms with Crippen LogP contribution in [0.3, 0.4) is 0 Å². The van der Waals surface area contributed by atoms with Crippen LogP contribution in [0.25, 0.3) is 11.2 Å². The highest BCUT2D eigenvalue weighted by Gasteiger charge is 2.44. The van der Waals surface area contributed by atoms with Gasteiger partial charge in [-0.05, 0) is 42.2 Å². The Hall–Kier alpha value is -5.33. The number of aliphatic hydroxyl groups excluding tert-OH is 2. The van der Waals surface area contributed by atoms with Crippen molar-refractivity contribution in [3.05, 3.63) is 102 Å². The minimum Gasteiger partial charge on any atom is -0.388 e. The SMILES string of the molecule is CCC(=O)N[C@H]1C[C@@H](n2cnc3c(NCC(c4ccccc4)c4ccccc4)nc(N4CCC(NC(=O)Nc5cccc(S(N)(=O)=O)c5)C4)nc32)[C@H](O)[C@@H]1O.Cl. The van der Waals surface area contributed by atoms with Crippen molar-refractivity contribution in [2.45, 2.75) is 67.3 Å². The summed E-state index contributed by atoms with van der Waals surface area (Å²) < 4.78 is 25.3.